The van der Waals surface area contributed by atoms with Gasteiger partial charge in [0, 0.05) is 30.9 Å². The number of carbonyl (C=O) groups is 2. The Morgan fingerprint density at radius 2 is 1.68 bits per heavy atom. The molecule has 25 heavy (non-hydrogen) atoms. The SMILES string of the molecule is CC(C)(C)C(=O)Nc1ccccc1C(=O)NCCNc1ncccn1. The highest BCUT2D eigenvalue weighted by molar-refractivity contribution is 6.04. The van der Waals surface area contributed by atoms with Gasteiger partial charge in [-0.15, -0.1) is 0 Å². The summed E-state index contributed by atoms with van der Waals surface area (Å²) in [4.78, 5) is 32.6. The molecule has 0 unspecified atom stereocenters. The van der Waals surface area contributed by atoms with E-state index in [1.54, 1.807) is 42.7 Å². The van der Waals surface area contributed by atoms with Crippen LogP contribution in [0.2, 0.25) is 0 Å². The zero-order valence-electron chi connectivity index (χ0n) is 14.7. The van der Waals surface area contributed by atoms with Crippen molar-refractivity contribution < 1.29 is 9.59 Å². The third-order valence-corrected chi connectivity index (χ3v) is 3.36. The molecule has 0 bridgehead atoms. The van der Waals surface area contributed by atoms with Crippen molar-refractivity contribution in [3.8, 4) is 0 Å². The van der Waals surface area contributed by atoms with E-state index in [9.17, 15) is 9.59 Å². The Morgan fingerprint density at radius 1 is 1.00 bits per heavy atom. The van der Waals surface area contributed by atoms with E-state index >= 15 is 0 Å². The normalized spacial score (nSPS) is 10.8. The summed E-state index contributed by atoms with van der Waals surface area (Å²) in [7, 11) is 0. The predicted octanol–water partition coefficient (Wildman–Crippen LogP) is 2.30. The molecule has 0 fully saturated rings. The molecule has 7 nitrogen and oxygen atoms in total. The van der Waals surface area contributed by atoms with E-state index in [4.69, 9.17) is 0 Å². The number of carbonyl (C=O) groups excluding carboxylic acids is 2. The van der Waals surface area contributed by atoms with Crippen LogP contribution in [0.25, 0.3) is 0 Å². The van der Waals surface area contributed by atoms with E-state index in [-0.39, 0.29) is 11.8 Å². The lowest BCUT2D eigenvalue weighted by molar-refractivity contribution is -0.123. The molecule has 0 aliphatic heterocycles. The first-order valence-corrected chi connectivity index (χ1v) is 8.07. The Bertz CT molecular complexity index is 726. The summed E-state index contributed by atoms with van der Waals surface area (Å²) in [6.45, 7) is 6.36. The maximum atomic E-state index is 12.4. The van der Waals surface area contributed by atoms with Gasteiger partial charge in [0.05, 0.1) is 11.3 Å². The predicted molar refractivity (Wildman–Crippen MR) is 97.4 cm³/mol. The lowest BCUT2D eigenvalue weighted by Gasteiger charge is -2.19. The molecule has 0 radical (unpaired) electrons. The first-order valence-electron chi connectivity index (χ1n) is 8.07. The first kappa shape index (κ1) is 18.4. The van der Waals surface area contributed by atoms with Gasteiger partial charge in [0.1, 0.15) is 0 Å². The molecular weight excluding hydrogens is 318 g/mol. The summed E-state index contributed by atoms with van der Waals surface area (Å²) in [5.74, 6) is 0.117. The Balaban J connectivity index is 1.92. The highest BCUT2D eigenvalue weighted by atomic mass is 16.2. The summed E-state index contributed by atoms with van der Waals surface area (Å²) >= 11 is 0. The van der Waals surface area contributed by atoms with Gasteiger partial charge < -0.3 is 16.0 Å². The number of nitrogens with zero attached hydrogens (tertiary/aromatic N) is 2. The summed E-state index contributed by atoms with van der Waals surface area (Å²) in [6.07, 6.45) is 3.28. The van der Waals surface area contributed by atoms with E-state index in [0.29, 0.717) is 30.3 Å². The Labute approximate surface area is 147 Å². The highest BCUT2D eigenvalue weighted by Crippen LogP contribution is 2.20. The fourth-order valence-corrected chi connectivity index (χ4v) is 1.94. The number of para-hydroxylation sites is 1. The van der Waals surface area contributed by atoms with Crippen molar-refractivity contribution in [3.63, 3.8) is 0 Å². The lowest BCUT2D eigenvalue weighted by Crippen LogP contribution is -2.31. The van der Waals surface area contributed by atoms with Gasteiger partial charge in [-0.25, -0.2) is 9.97 Å². The molecule has 7 heteroatoms. The molecule has 2 rings (SSSR count). The quantitative estimate of drug-likeness (QED) is 0.701. The van der Waals surface area contributed by atoms with Gasteiger partial charge in [0.25, 0.3) is 5.91 Å². The molecule has 0 saturated carbocycles. The molecule has 0 atom stereocenters. The van der Waals surface area contributed by atoms with Gasteiger partial charge in [0.2, 0.25) is 11.9 Å². The highest BCUT2D eigenvalue weighted by Gasteiger charge is 2.22. The summed E-state index contributed by atoms with van der Waals surface area (Å²) in [6, 6.07) is 8.67. The number of anilines is 2. The van der Waals surface area contributed by atoms with Crippen LogP contribution < -0.4 is 16.0 Å². The molecule has 2 aromatic rings. The van der Waals surface area contributed by atoms with Crippen LogP contribution in [-0.2, 0) is 4.79 Å². The van der Waals surface area contributed by atoms with E-state index in [1.165, 1.54) is 0 Å². The van der Waals surface area contributed by atoms with Crippen molar-refractivity contribution in [2.75, 3.05) is 23.7 Å². The molecule has 0 aliphatic carbocycles. The lowest BCUT2D eigenvalue weighted by atomic mass is 9.95. The van der Waals surface area contributed by atoms with Gasteiger partial charge >= 0.3 is 0 Å². The standard InChI is InChI=1S/C18H23N5O2/c1-18(2,3)16(25)23-14-8-5-4-7-13(14)15(24)19-11-12-22-17-20-9-6-10-21-17/h4-10H,11-12H2,1-3H3,(H,19,24)(H,23,25)(H,20,21,22). The van der Waals surface area contributed by atoms with Crippen LogP contribution in [0.15, 0.2) is 42.7 Å². The largest absolute Gasteiger partial charge is 0.352 e. The fraction of sp³-hybridized carbons (Fsp3) is 0.333. The minimum absolute atomic E-state index is 0.143. The minimum atomic E-state index is -0.539. The van der Waals surface area contributed by atoms with Crippen LogP contribution in [0.1, 0.15) is 31.1 Å². The molecule has 3 N–H and O–H groups in total. The molecule has 1 heterocycles. The summed E-state index contributed by atoms with van der Waals surface area (Å²) in [5.41, 5.74) is 0.388. The molecule has 132 valence electrons. The zero-order valence-corrected chi connectivity index (χ0v) is 14.7. The maximum absolute atomic E-state index is 12.4. The van der Waals surface area contributed by atoms with Crippen LogP contribution in [0, 0.1) is 5.41 Å². The third kappa shape index (κ3) is 5.56. The van der Waals surface area contributed by atoms with Gasteiger partial charge in [0.15, 0.2) is 0 Å². The average Bonchev–Trinajstić information content (AvgIpc) is 2.59. The molecule has 0 spiro atoms. The maximum Gasteiger partial charge on any atom is 0.253 e. The Hall–Kier alpha value is -2.96. The van der Waals surface area contributed by atoms with E-state index < -0.39 is 5.41 Å². The summed E-state index contributed by atoms with van der Waals surface area (Å²) < 4.78 is 0. The molecule has 0 saturated heterocycles. The molecular formula is C18H23N5O2. The smallest absolute Gasteiger partial charge is 0.253 e. The van der Waals surface area contributed by atoms with E-state index in [2.05, 4.69) is 25.9 Å². The number of nitrogens with one attached hydrogen (secondary N) is 3. The van der Waals surface area contributed by atoms with Crippen molar-refractivity contribution in [1.82, 2.24) is 15.3 Å². The zero-order chi connectivity index (χ0) is 18.3. The molecule has 1 aromatic carbocycles. The second-order valence-electron chi connectivity index (χ2n) is 6.50. The number of amides is 2. The number of benzene rings is 1. The minimum Gasteiger partial charge on any atom is -0.352 e. The molecule has 2 amide bonds. The number of hydrogen-bond acceptors (Lipinski definition) is 5. The number of aromatic nitrogens is 2. The second-order valence-corrected chi connectivity index (χ2v) is 6.50. The van der Waals surface area contributed by atoms with Gasteiger partial charge in [-0.05, 0) is 18.2 Å². The Kier molecular flexibility index (Phi) is 6.05. The van der Waals surface area contributed by atoms with Crippen molar-refractivity contribution in [3.05, 3.63) is 48.3 Å². The van der Waals surface area contributed by atoms with Gasteiger partial charge in [-0.2, -0.15) is 0 Å². The molecule has 1 aromatic heterocycles. The topological polar surface area (TPSA) is 96.0 Å². The van der Waals surface area contributed by atoms with Crippen LogP contribution in [0.4, 0.5) is 11.6 Å². The van der Waals surface area contributed by atoms with Crippen LogP contribution in [-0.4, -0.2) is 34.9 Å². The van der Waals surface area contributed by atoms with E-state index in [0.717, 1.165) is 0 Å². The van der Waals surface area contributed by atoms with Crippen molar-refractivity contribution in [2.45, 2.75) is 20.8 Å². The van der Waals surface area contributed by atoms with Gasteiger partial charge in [-0.1, -0.05) is 32.9 Å². The first-order chi connectivity index (χ1) is 11.9. The third-order valence-electron chi connectivity index (χ3n) is 3.36. The van der Waals surface area contributed by atoms with Crippen molar-refractivity contribution in [2.24, 2.45) is 5.41 Å². The van der Waals surface area contributed by atoms with Crippen molar-refractivity contribution >= 4 is 23.5 Å². The monoisotopic (exact) mass is 341 g/mol. The fourth-order valence-electron chi connectivity index (χ4n) is 1.94. The van der Waals surface area contributed by atoms with Crippen molar-refractivity contribution in [1.29, 1.82) is 0 Å². The van der Waals surface area contributed by atoms with Crippen LogP contribution in [0.5, 0.6) is 0 Å². The van der Waals surface area contributed by atoms with E-state index in [1.807, 2.05) is 20.8 Å². The second kappa shape index (κ2) is 8.23. The van der Waals surface area contributed by atoms with Gasteiger partial charge in [-0.3, -0.25) is 9.59 Å². The van der Waals surface area contributed by atoms with Crippen LogP contribution >= 0.6 is 0 Å². The molecule has 0 aliphatic rings. The number of rotatable bonds is 6. The summed E-state index contributed by atoms with van der Waals surface area (Å²) in [5, 5.41) is 8.64. The Morgan fingerprint density at radius 3 is 2.36 bits per heavy atom. The average molecular weight is 341 g/mol. The number of hydrogen-bond donors (Lipinski definition) is 3. The van der Waals surface area contributed by atoms with Crippen LogP contribution in [0.3, 0.4) is 0 Å².